The second kappa shape index (κ2) is 6.77. The van der Waals surface area contributed by atoms with Gasteiger partial charge in [-0.25, -0.2) is 0 Å². The third-order valence-electron chi connectivity index (χ3n) is 4.64. The summed E-state index contributed by atoms with van der Waals surface area (Å²) >= 11 is 6.11. The Balaban J connectivity index is 1.90. The van der Waals surface area contributed by atoms with Crippen LogP contribution in [0.2, 0.25) is 5.02 Å². The molecule has 1 atom stereocenters. The van der Waals surface area contributed by atoms with Crippen LogP contribution in [0, 0.1) is 13.8 Å². The maximum atomic E-state index is 13.2. The number of rotatable bonds is 2. The SMILES string of the molecule is Cc1ccc(C(=O)N2CC(c3cccc(Cl)c3)OCC2(C)C)c(C)n1. The fourth-order valence-corrected chi connectivity index (χ4v) is 3.37. The summed E-state index contributed by atoms with van der Waals surface area (Å²) in [4.78, 5) is 19.5. The standard InChI is InChI=1S/C20H23ClN2O2/c1-13-8-9-17(14(2)22-13)19(24)23-11-18(25-12-20(23,3)4)15-6-5-7-16(21)10-15/h5-10,18H,11-12H2,1-4H3. The van der Waals surface area contributed by atoms with Gasteiger partial charge in [0, 0.05) is 10.7 Å². The van der Waals surface area contributed by atoms with Gasteiger partial charge in [-0.05, 0) is 57.5 Å². The summed E-state index contributed by atoms with van der Waals surface area (Å²) in [6.45, 7) is 8.80. The molecule has 1 saturated heterocycles. The highest BCUT2D eigenvalue weighted by molar-refractivity contribution is 6.30. The van der Waals surface area contributed by atoms with Gasteiger partial charge in [-0.15, -0.1) is 0 Å². The van der Waals surface area contributed by atoms with Gasteiger partial charge >= 0.3 is 0 Å². The molecule has 25 heavy (non-hydrogen) atoms. The van der Waals surface area contributed by atoms with Crippen LogP contribution in [0.5, 0.6) is 0 Å². The van der Waals surface area contributed by atoms with Crippen molar-refractivity contribution in [1.82, 2.24) is 9.88 Å². The van der Waals surface area contributed by atoms with Crippen molar-refractivity contribution in [2.75, 3.05) is 13.2 Å². The molecule has 1 amide bonds. The van der Waals surface area contributed by atoms with Gasteiger partial charge in [0.2, 0.25) is 0 Å². The van der Waals surface area contributed by atoms with E-state index in [0.29, 0.717) is 23.7 Å². The first kappa shape index (κ1) is 17.9. The summed E-state index contributed by atoms with van der Waals surface area (Å²) in [7, 11) is 0. The van der Waals surface area contributed by atoms with E-state index in [1.165, 1.54) is 0 Å². The Morgan fingerprint density at radius 2 is 2.04 bits per heavy atom. The summed E-state index contributed by atoms with van der Waals surface area (Å²) in [5, 5.41) is 0.669. The number of benzene rings is 1. The highest BCUT2D eigenvalue weighted by Crippen LogP contribution is 2.32. The molecular weight excluding hydrogens is 336 g/mol. The van der Waals surface area contributed by atoms with Crippen LogP contribution in [-0.4, -0.2) is 34.5 Å². The first-order chi connectivity index (χ1) is 11.8. The van der Waals surface area contributed by atoms with Crippen LogP contribution in [0.1, 0.15) is 47.3 Å². The van der Waals surface area contributed by atoms with Gasteiger partial charge in [0.15, 0.2) is 0 Å². The predicted molar refractivity (Wildman–Crippen MR) is 99.0 cm³/mol. The molecule has 1 aliphatic heterocycles. The van der Waals surface area contributed by atoms with Crippen molar-refractivity contribution < 1.29 is 9.53 Å². The Labute approximate surface area is 153 Å². The van der Waals surface area contributed by atoms with Crippen molar-refractivity contribution in [3.63, 3.8) is 0 Å². The Bertz CT molecular complexity index is 804. The predicted octanol–water partition coefficient (Wildman–Crippen LogP) is 4.34. The molecule has 0 N–H and O–H groups in total. The lowest BCUT2D eigenvalue weighted by atomic mass is 9.96. The Kier molecular flexibility index (Phi) is 4.85. The lowest BCUT2D eigenvalue weighted by Crippen LogP contribution is -2.56. The van der Waals surface area contributed by atoms with Crippen LogP contribution in [0.3, 0.4) is 0 Å². The molecule has 1 fully saturated rings. The largest absolute Gasteiger partial charge is 0.369 e. The minimum Gasteiger partial charge on any atom is -0.369 e. The molecule has 5 heteroatoms. The normalized spacial score (nSPS) is 19.7. The fraction of sp³-hybridized carbons (Fsp3) is 0.400. The van der Waals surface area contributed by atoms with E-state index in [4.69, 9.17) is 16.3 Å². The first-order valence-corrected chi connectivity index (χ1v) is 8.79. The van der Waals surface area contributed by atoms with Crippen LogP contribution in [0.4, 0.5) is 0 Å². The van der Waals surface area contributed by atoms with E-state index in [2.05, 4.69) is 4.98 Å². The third-order valence-corrected chi connectivity index (χ3v) is 4.87. The minimum absolute atomic E-state index is 0.00896. The quantitative estimate of drug-likeness (QED) is 0.801. The van der Waals surface area contributed by atoms with E-state index in [1.54, 1.807) is 0 Å². The van der Waals surface area contributed by atoms with Crippen LogP contribution in [-0.2, 0) is 4.74 Å². The molecule has 1 aliphatic rings. The number of carbonyl (C=O) groups is 1. The lowest BCUT2D eigenvalue weighted by molar-refractivity contribution is -0.0847. The van der Waals surface area contributed by atoms with Crippen molar-refractivity contribution in [3.05, 3.63) is 63.9 Å². The number of pyridine rings is 1. The smallest absolute Gasteiger partial charge is 0.256 e. The van der Waals surface area contributed by atoms with Gasteiger partial charge in [0.05, 0.1) is 29.9 Å². The molecule has 4 nitrogen and oxygen atoms in total. The molecule has 0 radical (unpaired) electrons. The topological polar surface area (TPSA) is 42.4 Å². The molecule has 0 spiro atoms. The number of morpholine rings is 1. The summed E-state index contributed by atoms with van der Waals surface area (Å²) < 4.78 is 6.03. The number of ether oxygens (including phenoxy) is 1. The molecule has 1 aromatic heterocycles. The molecule has 132 valence electrons. The maximum Gasteiger partial charge on any atom is 0.256 e. The summed E-state index contributed by atoms with van der Waals surface area (Å²) in [5.74, 6) is -0.00896. The first-order valence-electron chi connectivity index (χ1n) is 8.41. The Morgan fingerprint density at radius 3 is 2.72 bits per heavy atom. The van der Waals surface area contributed by atoms with Gasteiger partial charge in [0.1, 0.15) is 6.10 Å². The zero-order valence-electron chi connectivity index (χ0n) is 15.0. The van der Waals surface area contributed by atoms with Crippen molar-refractivity contribution in [2.45, 2.75) is 39.3 Å². The lowest BCUT2D eigenvalue weighted by Gasteiger charge is -2.45. The average Bonchev–Trinajstić information content (AvgIpc) is 2.54. The highest BCUT2D eigenvalue weighted by atomic mass is 35.5. The second-order valence-electron chi connectivity index (χ2n) is 7.17. The zero-order valence-corrected chi connectivity index (χ0v) is 15.8. The van der Waals surface area contributed by atoms with Gasteiger partial charge in [-0.2, -0.15) is 0 Å². The number of aromatic nitrogens is 1. The number of halogens is 1. The summed E-state index contributed by atoms with van der Waals surface area (Å²) in [6.07, 6.45) is -0.186. The van der Waals surface area contributed by atoms with Crippen molar-refractivity contribution in [3.8, 4) is 0 Å². The molecule has 0 aliphatic carbocycles. The van der Waals surface area contributed by atoms with E-state index in [0.717, 1.165) is 17.0 Å². The van der Waals surface area contributed by atoms with Crippen LogP contribution in [0.25, 0.3) is 0 Å². The molecule has 2 heterocycles. The summed E-state index contributed by atoms with van der Waals surface area (Å²) in [5.41, 5.74) is 2.91. The summed E-state index contributed by atoms with van der Waals surface area (Å²) in [6, 6.07) is 11.4. The van der Waals surface area contributed by atoms with E-state index in [-0.39, 0.29) is 17.6 Å². The van der Waals surface area contributed by atoms with Crippen molar-refractivity contribution in [2.24, 2.45) is 0 Å². The minimum atomic E-state index is -0.385. The van der Waals surface area contributed by atoms with E-state index in [9.17, 15) is 4.79 Å². The average molecular weight is 359 g/mol. The van der Waals surface area contributed by atoms with E-state index in [1.807, 2.05) is 69.0 Å². The molecule has 1 unspecified atom stereocenters. The van der Waals surface area contributed by atoms with E-state index >= 15 is 0 Å². The van der Waals surface area contributed by atoms with Crippen molar-refractivity contribution >= 4 is 17.5 Å². The van der Waals surface area contributed by atoms with Crippen LogP contribution < -0.4 is 0 Å². The number of aryl methyl sites for hydroxylation is 2. The van der Waals surface area contributed by atoms with Crippen molar-refractivity contribution in [1.29, 1.82) is 0 Å². The Morgan fingerprint density at radius 1 is 1.28 bits per heavy atom. The zero-order chi connectivity index (χ0) is 18.2. The molecular formula is C20H23ClN2O2. The number of nitrogens with zero attached hydrogens (tertiary/aromatic N) is 2. The second-order valence-corrected chi connectivity index (χ2v) is 7.60. The fourth-order valence-electron chi connectivity index (χ4n) is 3.17. The number of hydrogen-bond acceptors (Lipinski definition) is 3. The molecule has 0 saturated carbocycles. The van der Waals surface area contributed by atoms with E-state index < -0.39 is 0 Å². The van der Waals surface area contributed by atoms with Gasteiger partial charge < -0.3 is 9.64 Å². The number of amides is 1. The number of hydrogen-bond donors (Lipinski definition) is 0. The third kappa shape index (κ3) is 3.70. The Hall–Kier alpha value is -1.91. The van der Waals surface area contributed by atoms with Gasteiger partial charge in [-0.3, -0.25) is 9.78 Å². The van der Waals surface area contributed by atoms with Crippen LogP contribution >= 0.6 is 11.6 Å². The molecule has 2 aromatic rings. The van der Waals surface area contributed by atoms with Gasteiger partial charge in [-0.1, -0.05) is 23.7 Å². The molecule has 1 aromatic carbocycles. The molecule has 0 bridgehead atoms. The van der Waals surface area contributed by atoms with Crippen LogP contribution in [0.15, 0.2) is 36.4 Å². The monoisotopic (exact) mass is 358 g/mol. The number of carbonyl (C=O) groups excluding carboxylic acids is 1. The van der Waals surface area contributed by atoms with Gasteiger partial charge in [0.25, 0.3) is 5.91 Å². The molecule has 3 rings (SSSR count). The highest BCUT2D eigenvalue weighted by Gasteiger charge is 2.39. The maximum absolute atomic E-state index is 13.2.